The number of rotatable bonds is 12. The van der Waals surface area contributed by atoms with Crippen molar-refractivity contribution in [3.05, 3.63) is 85.5 Å². The fraction of sp³-hybridized carbons (Fsp3) is 0.200. The van der Waals surface area contributed by atoms with Crippen LogP contribution >= 0.6 is 0 Å². The maximum atomic E-state index is 12.0. The Morgan fingerprint density at radius 1 is 0.636 bits per heavy atom. The number of carbonyl (C=O) groups is 6. The third-order valence-electron chi connectivity index (χ3n) is 7.00. The molecule has 284 valence electrons. The van der Waals surface area contributed by atoms with Gasteiger partial charge in [0.2, 0.25) is 23.6 Å². The van der Waals surface area contributed by atoms with Crippen LogP contribution in [0.4, 0.5) is 11.4 Å². The van der Waals surface area contributed by atoms with Crippen molar-refractivity contribution in [3.63, 3.8) is 0 Å². The second-order valence-electron chi connectivity index (χ2n) is 11.4. The first-order chi connectivity index (χ1) is 26.4. The summed E-state index contributed by atoms with van der Waals surface area (Å²) in [5, 5.41) is 34.3. The van der Waals surface area contributed by atoms with Crippen molar-refractivity contribution in [1.82, 2.24) is 55.1 Å². The molecule has 0 aliphatic heterocycles. The maximum absolute atomic E-state index is 12.0. The van der Waals surface area contributed by atoms with E-state index in [0.717, 1.165) is 11.3 Å². The normalized spacial score (nSPS) is 10.2. The van der Waals surface area contributed by atoms with Gasteiger partial charge >= 0.3 is 5.97 Å². The highest BCUT2D eigenvalue weighted by Gasteiger charge is 2.12. The van der Waals surface area contributed by atoms with Gasteiger partial charge < -0.3 is 32.1 Å². The van der Waals surface area contributed by atoms with Crippen molar-refractivity contribution in [1.29, 1.82) is 0 Å². The van der Waals surface area contributed by atoms with Gasteiger partial charge in [0, 0.05) is 50.7 Å². The van der Waals surface area contributed by atoms with Crippen LogP contribution in [0.25, 0.3) is 34.3 Å². The third kappa shape index (κ3) is 12.8. The van der Waals surface area contributed by atoms with E-state index in [-0.39, 0.29) is 50.1 Å². The van der Waals surface area contributed by atoms with Crippen LogP contribution in [0.15, 0.2) is 85.5 Å². The molecule has 55 heavy (non-hydrogen) atoms. The van der Waals surface area contributed by atoms with Crippen LogP contribution in [-0.2, 0) is 28.8 Å². The predicted molar refractivity (Wildman–Crippen MR) is 198 cm³/mol. The number of aromatic nitrogens is 8. The van der Waals surface area contributed by atoms with E-state index in [1.165, 1.54) is 13.8 Å². The Hall–Kier alpha value is -7.64. The van der Waals surface area contributed by atoms with Gasteiger partial charge in [0.1, 0.15) is 11.4 Å². The number of hydrogen-bond acceptors (Lipinski definition) is 13. The predicted octanol–water partition coefficient (Wildman–Crippen LogP) is 0.912. The first-order valence-electron chi connectivity index (χ1n) is 16.5. The molecule has 7 N–H and O–H groups in total. The number of ketones is 1. The molecule has 0 unspecified atom stereocenters. The van der Waals surface area contributed by atoms with Gasteiger partial charge in [-0.15, -0.1) is 20.4 Å². The molecule has 20 heteroatoms. The van der Waals surface area contributed by atoms with Gasteiger partial charge in [-0.3, -0.25) is 47.5 Å². The number of nitrogen functional groups attached to an aromatic ring is 1. The molecule has 0 atom stereocenters. The van der Waals surface area contributed by atoms with Crippen molar-refractivity contribution in [3.8, 4) is 23.0 Å². The van der Waals surface area contributed by atoms with E-state index in [4.69, 9.17) is 10.8 Å². The molecule has 6 heterocycles. The quantitative estimate of drug-likeness (QED) is 0.101. The Kier molecular flexibility index (Phi) is 14.5. The summed E-state index contributed by atoms with van der Waals surface area (Å²) in [5.74, 6) is -1.50. The largest absolute Gasteiger partial charge is 0.481 e. The average Bonchev–Trinajstić information content (AvgIpc) is 3.80. The second-order valence-corrected chi connectivity index (χ2v) is 11.4. The summed E-state index contributed by atoms with van der Waals surface area (Å²) in [6.45, 7) is 2.13. The smallest absolute Gasteiger partial charge is 0.303 e. The molecule has 0 aliphatic rings. The Morgan fingerprint density at radius 3 is 1.73 bits per heavy atom. The van der Waals surface area contributed by atoms with Crippen molar-refractivity contribution in [2.75, 3.05) is 30.7 Å². The number of fused-ring (bicyclic) bond motifs is 2. The lowest BCUT2D eigenvalue weighted by molar-refractivity contribution is -0.138. The Morgan fingerprint density at radius 2 is 1.18 bits per heavy atom. The highest BCUT2D eigenvalue weighted by atomic mass is 16.4. The minimum atomic E-state index is -1.01. The Bertz CT molecular complexity index is 2260. The lowest BCUT2D eigenvalue weighted by atomic mass is 10.2. The highest BCUT2D eigenvalue weighted by molar-refractivity contribution is 5.95. The first-order valence-corrected chi connectivity index (χ1v) is 16.5. The maximum Gasteiger partial charge on any atom is 0.303 e. The number of Topliss-reactive ketones (excluding diaryl/α,β-unsaturated/α-hetero) is 1. The van der Waals surface area contributed by atoms with Crippen molar-refractivity contribution >= 4 is 58.1 Å². The molecule has 0 bridgehead atoms. The number of nitrogens with one attached hydrogen (secondary N) is 4. The molecule has 4 amide bonds. The van der Waals surface area contributed by atoms with Crippen LogP contribution in [0.1, 0.15) is 26.7 Å². The van der Waals surface area contributed by atoms with E-state index < -0.39 is 17.8 Å². The van der Waals surface area contributed by atoms with Crippen LogP contribution in [0.5, 0.6) is 0 Å². The first kappa shape index (κ1) is 40.1. The molecule has 0 fully saturated rings. The van der Waals surface area contributed by atoms with Crippen LogP contribution < -0.4 is 27.0 Å². The second kappa shape index (κ2) is 19.8. The summed E-state index contributed by atoms with van der Waals surface area (Å²) >= 11 is 0. The number of pyridine rings is 4. The Balaban J connectivity index is 0.000000203. The molecule has 6 rings (SSSR count). The topological polar surface area (TPSA) is 283 Å². The van der Waals surface area contributed by atoms with Crippen LogP contribution in [0, 0.1) is 0 Å². The van der Waals surface area contributed by atoms with E-state index in [9.17, 15) is 28.8 Å². The van der Waals surface area contributed by atoms with Gasteiger partial charge in [-0.05, 0) is 48.5 Å². The minimum absolute atomic E-state index is 0.0321. The number of carbonyl (C=O) groups excluding carboxylic acids is 5. The summed E-state index contributed by atoms with van der Waals surface area (Å²) in [5.41, 5.74) is 9.72. The molecular weight excluding hydrogens is 714 g/mol. The zero-order chi connectivity index (χ0) is 39.7. The van der Waals surface area contributed by atoms with Gasteiger partial charge in [0.15, 0.2) is 28.7 Å². The fourth-order valence-corrected chi connectivity index (χ4v) is 4.42. The molecule has 0 saturated heterocycles. The standard InChI is InChI=1S/C17H17N7O3.C11H9N5.C7H11NO4/c1-11(25)19-8-15(26)20-9-16(27)21-12-5-6-14-22-23-17(24(14)10-12)13-4-2-3-7-18-13;12-8-4-5-10-14-15-11(16(10)7-8)9-3-1-2-6-13-9;1-5(9)8-4-6(10)2-3-7(11)12/h2-7,10H,8-9H2,1H3,(H,19,25)(H,20,26)(H,21,27);1-7H,12H2;2-4H2,1H3,(H,8,9)(H,11,12). The SMILES string of the molecule is CC(=O)NCC(=O)CCC(=O)O.CC(=O)NCC(=O)NCC(=O)Nc1ccc2nnc(-c3ccccn3)n2c1.Nc1ccc2nnc(-c3ccccn3)n2c1. The van der Waals surface area contributed by atoms with Crippen LogP contribution in [0.3, 0.4) is 0 Å². The molecule has 6 aromatic rings. The number of anilines is 2. The molecule has 20 nitrogen and oxygen atoms in total. The van der Waals surface area contributed by atoms with Gasteiger partial charge in [0.05, 0.1) is 31.7 Å². The molecule has 0 saturated carbocycles. The average molecular weight is 752 g/mol. The lowest BCUT2D eigenvalue weighted by Gasteiger charge is -2.08. The monoisotopic (exact) mass is 751 g/mol. The number of carboxylic acid groups (broad SMARTS) is 1. The van der Waals surface area contributed by atoms with Crippen molar-refractivity contribution in [2.24, 2.45) is 0 Å². The van der Waals surface area contributed by atoms with Crippen LogP contribution in [-0.4, -0.2) is 99.3 Å². The van der Waals surface area contributed by atoms with E-state index in [2.05, 4.69) is 51.6 Å². The number of aliphatic carboxylic acids is 1. The minimum Gasteiger partial charge on any atom is -0.481 e. The summed E-state index contributed by atoms with van der Waals surface area (Å²) in [6.07, 6.45) is 6.64. The third-order valence-corrected chi connectivity index (χ3v) is 7.00. The van der Waals surface area contributed by atoms with E-state index >= 15 is 0 Å². The zero-order valence-corrected chi connectivity index (χ0v) is 29.7. The van der Waals surface area contributed by atoms with E-state index in [1.54, 1.807) is 53.5 Å². The summed E-state index contributed by atoms with van der Waals surface area (Å²) in [6, 6.07) is 18.1. The van der Waals surface area contributed by atoms with Gasteiger partial charge in [-0.2, -0.15) is 0 Å². The summed E-state index contributed by atoms with van der Waals surface area (Å²) in [4.78, 5) is 73.9. The molecule has 0 aromatic carbocycles. The summed E-state index contributed by atoms with van der Waals surface area (Å²) < 4.78 is 3.55. The fourth-order valence-electron chi connectivity index (χ4n) is 4.42. The van der Waals surface area contributed by atoms with Gasteiger partial charge in [-0.25, -0.2) is 0 Å². The van der Waals surface area contributed by atoms with Crippen LogP contribution in [0.2, 0.25) is 0 Å². The number of amides is 4. The lowest BCUT2D eigenvalue weighted by Crippen LogP contribution is -2.39. The Labute approximate surface area is 312 Å². The highest BCUT2D eigenvalue weighted by Crippen LogP contribution is 2.19. The van der Waals surface area contributed by atoms with E-state index in [0.29, 0.717) is 34.4 Å². The molecule has 0 radical (unpaired) electrons. The van der Waals surface area contributed by atoms with Crippen molar-refractivity contribution < 1.29 is 33.9 Å². The molecule has 6 aromatic heterocycles. The van der Waals surface area contributed by atoms with Gasteiger partial charge in [0.25, 0.3) is 0 Å². The van der Waals surface area contributed by atoms with E-state index in [1.807, 2.05) is 40.8 Å². The number of nitrogens with zero attached hydrogens (tertiary/aromatic N) is 8. The van der Waals surface area contributed by atoms with Gasteiger partial charge in [-0.1, -0.05) is 12.1 Å². The number of carboxylic acids is 1. The number of hydrogen-bond donors (Lipinski definition) is 6. The molecule has 0 spiro atoms. The number of nitrogens with two attached hydrogens (primary N) is 1. The summed E-state index contributed by atoms with van der Waals surface area (Å²) in [7, 11) is 0. The zero-order valence-electron chi connectivity index (χ0n) is 29.7. The molecular formula is C35H37N13O7. The molecule has 0 aliphatic carbocycles. The van der Waals surface area contributed by atoms with Crippen molar-refractivity contribution in [2.45, 2.75) is 26.7 Å².